The number of carbonyl (C=O) groups is 1. The third-order valence-electron chi connectivity index (χ3n) is 2.94. The molecule has 0 spiro atoms. The van der Waals surface area contributed by atoms with Gasteiger partial charge >= 0.3 is 6.03 Å². The van der Waals surface area contributed by atoms with Crippen LogP contribution in [0.15, 0.2) is 53.4 Å². The van der Waals surface area contributed by atoms with E-state index in [0.29, 0.717) is 15.7 Å². The molecule has 0 saturated heterocycles. The van der Waals surface area contributed by atoms with Crippen molar-refractivity contribution in [3.63, 3.8) is 0 Å². The number of amides is 2. The van der Waals surface area contributed by atoms with Crippen molar-refractivity contribution in [2.75, 3.05) is 17.6 Å². The summed E-state index contributed by atoms with van der Waals surface area (Å²) >= 11 is 11.8. The molecule has 2 aromatic carbocycles. The maximum atomic E-state index is 12.1. The van der Waals surface area contributed by atoms with E-state index in [1.54, 1.807) is 30.3 Å². The lowest BCUT2D eigenvalue weighted by atomic mass is 10.3. The van der Waals surface area contributed by atoms with Gasteiger partial charge in [0.1, 0.15) is 0 Å². The number of rotatable bonds is 5. The van der Waals surface area contributed by atoms with Gasteiger partial charge in [-0.2, -0.15) is 0 Å². The van der Waals surface area contributed by atoms with E-state index in [4.69, 9.17) is 23.2 Å². The molecule has 0 fully saturated rings. The quantitative estimate of drug-likeness (QED) is 0.841. The molecule has 5 nitrogen and oxygen atoms in total. The van der Waals surface area contributed by atoms with E-state index in [2.05, 4.69) is 10.6 Å². The van der Waals surface area contributed by atoms with Gasteiger partial charge in [-0.1, -0.05) is 41.4 Å². The summed E-state index contributed by atoms with van der Waals surface area (Å²) in [5, 5.41) is 5.75. The molecule has 0 aliphatic carbocycles. The van der Waals surface area contributed by atoms with Crippen LogP contribution < -0.4 is 10.6 Å². The van der Waals surface area contributed by atoms with Crippen molar-refractivity contribution in [1.82, 2.24) is 5.32 Å². The Balaban J connectivity index is 1.89. The number of halogens is 2. The number of carbonyl (C=O) groups excluding carboxylic acids is 1. The van der Waals surface area contributed by atoms with E-state index in [1.165, 1.54) is 18.2 Å². The molecule has 122 valence electrons. The van der Waals surface area contributed by atoms with Gasteiger partial charge in [-0.3, -0.25) is 0 Å². The lowest BCUT2D eigenvalue weighted by Gasteiger charge is -2.09. The second-order valence-corrected chi connectivity index (χ2v) is 7.59. The van der Waals surface area contributed by atoms with E-state index in [0.717, 1.165) is 0 Å². The summed E-state index contributed by atoms with van der Waals surface area (Å²) in [6, 6.07) is 12.2. The van der Waals surface area contributed by atoms with Crippen LogP contribution in [0.25, 0.3) is 0 Å². The largest absolute Gasteiger partial charge is 0.337 e. The van der Waals surface area contributed by atoms with Gasteiger partial charge in [0.2, 0.25) is 0 Å². The normalized spacial score (nSPS) is 11.0. The highest BCUT2D eigenvalue weighted by molar-refractivity contribution is 7.91. The maximum Gasteiger partial charge on any atom is 0.319 e. The van der Waals surface area contributed by atoms with Crippen LogP contribution in [0.2, 0.25) is 10.0 Å². The average molecular weight is 373 g/mol. The Morgan fingerprint density at radius 3 is 2.43 bits per heavy atom. The minimum absolute atomic E-state index is 0.0265. The molecule has 2 amide bonds. The Kier molecular flexibility index (Phi) is 5.87. The van der Waals surface area contributed by atoms with Crippen molar-refractivity contribution in [2.45, 2.75) is 4.90 Å². The zero-order valence-electron chi connectivity index (χ0n) is 11.9. The van der Waals surface area contributed by atoms with Crippen molar-refractivity contribution in [2.24, 2.45) is 0 Å². The number of anilines is 1. The summed E-state index contributed by atoms with van der Waals surface area (Å²) in [4.78, 5) is 12.0. The van der Waals surface area contributed by atoms with E-state index >= 15 is 0 Å². The molecule has 0 saturated carbocycles. The van der Waals surface area contributed by atoms with Crippen molar-refractivity contribution in [3.8, 4) is 0 Å². The molecule has 2 aromatic rings. The van der Waals surface area contributed by atoms with Crippen molar-refractivity contribution >= 4 is 44.8 Å². The third kappa shape index (κ3) is 5.13. The summed E-state index contributed by atoms with van der Waals surface area (Å²) < 4.78 is 24.1. The summed E-state index contributed by atoms with van der Waals surface area (Å²) in [5.74, 6) is -0.201. The Bertz CT molecular complexity index is 796. The summed E-state index contributed by atoms with van der Waals surface area (Å²) in [6.07, 6.45) is 0. The van der Waals surface area contributed by atoms with E-state index in [-0.39, 0.29) is 17.2 Å². The van der Waals surface area contributed by atoms with Gasteiger partial charge < -0.3 is 10.6 Å². The second-order valence-electron chi connectivity index (χ2n) is 4.64. The Hall–Kier alpha value is -1.76. The highest BCUT2D eigenvalue weighted by atomic mass is 35.5. The molecule has 0 aliphatic heterocycles. The number of nitrogens with one attached hydrogen (secondary N) is 2. The topological polar surface area (TPSA) is 75.3 Å². The van der Waals surface area contributed by atoms with Gasteiger partial charge in [-0.15, -0.1) is 0 Å². The summed E-state index contributed by atoms with van der Waals surface area (Å²) in [5.41, 5.74) is 0.350. The minimum Gasteiger partial charge on any atom is -0.337 e. The molecule has 2 rings (SSSR count). The van der Waals surface area contributed by atoms with Crippen LogP contribution in [0.3, 0.4) is 0 Å². The number of hydrogen-bond acceptors (Lipinski definition) is 3. The molecule has 8 heteroatoms. The Morgan fingerprint density at radius 2 is 1.74 bits per heavy atom. The first kappa shape index (κ1) is 17.6. The first-order chi connectivity index (χ1) is 10.9. The highest BCUT2D eigenvalue weighted by Crippen LogP contribution is 2.25. The van der Waals surface area contributed by atoms with Gasteiger partial charge in [0.15, 0.2) is 9.84 Å². The Morgan fingerprint density at radius 1 is 1.04 bits per heavy atom. The van der Waals surface area contributed by atoms with E-state index in [1.807, 2.05) is 0 Å². The van der Waals surface area contributed by atoms with Gasteiger partial charge in [0.05, 0.1) is 21.4 Å². The van der Waals surface area contributed by atoms with Crippen LogP contribution in [-0.4, -0.2) is 26.7 Å². The van der Waals surface area contributed by atoms with Crippen LogP contribution in [0.4, 0.5) is 10.5 Å². The fourth-order valence-corrected chi connectivity index (χ4v) is 3.32. The summed E-state index contributed by atoms with van der Waals surface area (Å²) in [6.45, 7) is -0.0265. The molecule has 0 radical (unpaired) electrons. The van der Waals surface area contributed by atoms with Gasteiger partial charge in [0.25, 0.3) is 0 Å². The van der Waals surface area contributed by atoms with Crippen molar-refractivity contribution in [3.05, 3.63) is 58.6 Å². The third-order valence-corrected chi connectivity index (χ3v) is 5.23. The van der Waals surface area contributed by atoms with Gasteiger partial charge in [-0.05, 0) is 30.3 Å². The minimum atomic E-state index is -3.43. The molecule has 2 N–H and O–H groups in total. The number of sulfone groups is 1. The fraction of sp³-hybridized carbons (Fsp3) is 0.133. The van der Waals surface area contributed by atoms with Gasteiger partial charge in [0, 0.05) is 11.6 Å². The number of benzene rings is 2. The van der Waals surface area contributed by atoms with Crippen molar-refractivity contribution in [1.29, 1.82) is 0 Å². The van der Waals surface area contributed by atoms with Crippen LogP contribution in [-0.2, 0) is 9.84 Å². The van der Waals surface area contributed by atoms with Gasteiger partial charge in [-0.25, -0.2) is 13.2 Å². The predicted molar refractivity (Wildman–Crippen MR) is 92.0 cm³/mol. The first-order valence-electron chi connectivity index (χ1n) is 6.66. The fourth-order valence-electron chi connectivity index (χ4n) is 1.80. The predicted octanol–water partition coefficient (Wildman–Crippen LogP) is 3.59. The maximum absolute atomic E-state index is 12.1. The molecule has 0 aromatic heterocycles. The van der Waals surface area contributed by atoms with Crippen LogP contribution in [0.1, 0.15) is 0 Å². The molecule has 0 heterocycles. The van der Waals surface area contributed by atoms with Crippen LogP contribution >= 0.6 is 23.2 Å². The second kappa shape index (κ2) is 7.68. The zero-order valence-corrected chi connectivity index (χ0v) is 14.3. The van der Waals surface area contributed by atoms with E-state index in [9.17, 15) is 13.2 Å². The molecule has 0 bridgehead atoms. The first-order valence-corrected chi connectivity index (χ1v) is 9.07. The lowest BCUT2D eigenvalue weighted by molar-refractivity contribution is 0.252. The molecular formula is C15H14Cl2N2O3S. The Labute approximate surface area is 144 Å². The number of urea groups is 1. The standard InChI is InChI=1S/C15H14Cl2N2O3S/c16-11-6-7-13(17)14(10-11)19-15(20)18-8-9-23(21,22)12-4-2-1-3-5-12/h1-7,10H,8-9H2,(H2,18,19,20). The molecule has 23 heavy (non-hydrogen) atoms. The smallest absolute Gasteiger partial charge is 0.319 e. The molecule has 0 atom stereocenters. The zero-order chi connectivity index (χ0) is 16.9. The molecular weight excluding hydrogens is 359 g/mol. The molecule has 0 unspecified atom stereocenters. The number of hydrogen-bond donors (Lipinski definition) is 2. The lowest BCUT2D eigenvalue weighted by Crippen LogP contribution is -2.32. The average Bonchev–Trinajstić information content (AvgIpc) is 2.51. The van der Waals surface area contributed by atoms with Crippen LogP contribution in [0, 0.1) is 0 Å². The van der Waals surface area contributed by atoms with E-state index < -0.39 is 15.9 Å². The van der Waals surface area contributed by atoms with Crippen molar-refractivity contribution < 1.29 is 13.2 Å². The summed E-state index contributed by atoms with van der Waals surface area (Å²) in [7, 11) is -3.43. The SMILES string of the molecule is O=C(NCCS(=O)(=O)c1ccccc1)Nc1cc(Cl)ccc1Cl. The molecule has 0 aliphatic rings. The monoisotopic (exact) mass is 372 g/mol. The van der Waals surface area contributed by atoms with Crippen LogP contribution in [0.5, 0.6) is 0 Å². The highest BCUT2D eigenvalue weighted by Gasteiger charge is 2.14.